The van der Waals surface area contributed by atoms with Crippen molar-refractivity contribution >= 4 is 33.5 Å². The van der Waals surface area contributed by atoms with E-state index in [4.69, 9.17) is 0 Å². The lowest BCUT2D eigenvalue weighted by atomic mass is 10.0. The van der Waals surface area contributed by atoms with Crippen molar-refractivity contribution in [3.8, 4) is 11.1 Å². The summed E-state index contributed by atoms with van der Waals surface area (Å²) in [5, 5.41) is 21.7. The molecule has 7 nitrogen and oxygen atoms in total. The number of carboxylic acids is 1. The van der Waals surface area contributed by atoms with Gasteiger partial charge < -0.3 is 15.1 Å². The standard InChI is InChI=1S/C17H11N3O4/c21-17(22)9-1-3-15-11(5-9)13(7-18-15)14-8-19-16-4-2-10(20(23)24)6-12(14)16/h1-8,18-19H,(H,21,22). The first-order valence-electron chi connectivity index (χ1n) is 7.15. The van der Waals surface area contributed by atoms with Crippen LogP contribution in [0.1, 0.15) is 10.4 Å². The number of nitrogens with zero attached hydrogens (tertiary/aromatic N) is 1. The Morgan fingerprint density at radius 3 is 2.12 bits per heavy atom. The molecule has 0 saturated carbocycles. The molecular weight excluding hydrogens is 310 g/mol. The van der Waals surface area contributed by atoms with Crippen molar-refractivity contribution in [1.82, 2.24) is 9.97 Å². The van der Waals surface area contributed by atoms with E-state index in [2.05, 4.69) is 9.97 Å². The smallest absolute Gasteiger partial charge is 0.335 e. The minimum atomic E-state index is -1.00. The number of aromatic amines is 2. The van der Waals surface area contributed by atoms with Gasteiger partial charge in [0.25, 0.3) is 5.69 Å². The van der Waals surface area contributed by atoms with Crippen LogP contribution in [0, 0.1) is 10.1 Å². The average Bonchev–Trinajstić information content (AvgIpc) is 3.16. The van der Waals surface area contributed by atoms with Gasteiger partial charge >= 0.3 is 5.97 Å². The zero-order valence-electron chi connectivity index (χ0n) is 12.2. The maximum atomic E-state index is 11.2. The predicted octanol–water partition coefficient (Wildman–Crippen LogP) is 3.92. The second-order valence-electron chi connectivity index (χ2n) is 5.46. The minimum Gasteiger partial charge on any atom is -0.478 e. The quantitative estimate of drug-likeness (QED) is 0.392. The first-order valence-corrected chi connectivity index (χ1v) is 7.15. The number of hydrogen-bond acceptors (Lipinski definition) is 3. The molecule has 0 aliphatic carbocycles. The number of hydrogen-bond donors (Lipinski definition) is 3. The van der Waals surface area contributed by atoms with Crippen LogP contribution in [0.25, 0.3) is 32.9 Å². The highest BCUT2D eigenvalue weighted by molar-refractivity contribution is 6.06. The molecule has 2 aromatic heterocycles. The summed E-state index contributed by atoms with van der Waals surface area (Å²) in [6, 6.07) is 9.46. The van der Waals surface area contributed by atoms with E-state index < -0.39 is 10.9 Å². The van der Waals surface area contributed by atoms with Crippen LogP contribution in [0.15, 0.2) is 48.8 Å². The molecule has 7 heteroatoms. The highest BCUT2D eigenvalue weighted by atomic mass is 16.6. The van der Waals surface area contributed by atoms with Gasteiger partial charge in [-0.1, -0.05) is 0 Å². The average molecular weight is 321 g/mol. The molecular formula is C17H11N3O4. The molecule has 4 rings (SSSR count). The predicted molar refractivity (Wildman–Crippen MR) is 89.2 cm³/mol. The van der Waals surface area contributed by atoms with Crippen LogP contribution in [0.3, 0.4) is 0 Å². The van der Waals surface area contributed by atoms with Crippen molar-refractivity contribution < 1.29 is 14.8 Å². The third-order valence-corrected chi connectivity index (χ3v) is 4.10. The lowest BCUT2D eigenvalue weighted by molar-refractivity contribution is -0.384. The molecule has 0 fully saturated rings. The number of carboxylic acid groups (broad SMARTS) is 1. The normalized spacial score (nSPS) is 11.2. The van der Waals surface area contributed by atoms with Gasteiger partial charge in [-0.15, -0.1) is 0 Å². The largest absolute Gasteiger partial charge is 0.478 e. The Morgan fingerprint density at radius 1 is 0.958 bits per heavy atom. The number of non-ortho nitro benzene ring substituents is 1. The number of nitro groups is 1. The topological polar surface area (TPSA) is 112 Å². The molecule has 3 N–H and O–H groups in total. The minimum absolute atomic E-state index is 0.00872. The summed E-state index contributed by atoms with van der Waals surface area (Å²) >= 11 is 0. The maximum absolute atomic E-state index is 11.2. The van der Waals surface area contributed by atoms with Crippen molar-refractivity contribution in [3.63, 3.8) is 0 Å². The number of aromatic carboxylic acids is 1. The van der Waals surface area contributed by atoms with Crippen molar-refractivity contribution in [2.45, 2.75) is 0 Å². The van der Waals surface area contributed by atoms with Gasteiger partial charge in [0, 0.05) is 57.5 Å². The molecule has 0 amide bonds. The van der Waals surface area contributed by atoms with E-state index >= 15 is 0 Å². The van der Waals surface area contributed by atoms with Gasteiger partial charge in [-0.3, -0.25) is 10.1 Å². The second-order valence-corrected chi connectivity index (χ2v) is 5.46. The summed E-state index contributed by atoms with van der Waals surface area (Å²) < 4.78 is 0. The van der Waals surface area contributed by atoms with Gasteiger partial charge in [-0.25, -0.2) is 4.79 Å². The molecule has 118 valence electrons. The van der Waals surface area contributed by atoms with E-state index in [1.807, 2.05) is 0 Å². The summed E-state index contributed by atoms with van der Waals surface area (Å²) in [6.45, 7) is 0. The number of benzene rings is 2. The summed E-state index contributed by atoms with van der Waals surface area (Å²) in [5.41, 5.74) is 3.35. The second kappa shape index (κ2) is 4.95. The third kappa shape index (κ3) is 2.03. The molecule has 2 heterocycles. The Morgan fingerprint density at radius 2 is 1.54 bits per heavy atom. The fourth-order valence-electron chi connectivity index (χ4n) is 2.92. The molecule has 0 unspecified atom stereocenters. The zero-order valence-corrected chi connectivity index (χ0v) is 12.2. The van der Waals surface area contributed by atoms with E-state index in [0.717, 1.165) is 27.5 Å². The van der Waals surface area contributed by atoms with Gasteiger partial charge in [-0.2, -0.15) is 0 Å². The van der Waals surface area contributed by atoms with E-state index in [9.17, 15) is 20.0 Å². The van der Waals surface area contributed by atoms with Crippen LogP contribution in [0.2, 0.25) is 0 Å². The molecule has 0 bridgehead atoms. The van der Waals surface area contributed by atoms with Gasteiger partial charge in [0.15, 0.2) is 0 Å². The Labute approximate surface area is 134 Å². The number of nitro benzene ring substituents is 1. The number of rotatable bonds is 3. The van der Waals surface area contributed by atoms with E-state index in [1.54, 1.807) is 30.6 Å². The molecule has 0 radical (unpaired) electrons. The third-order valence-electron chi connectivity index (χ3n) is 4.10. The van der Waals surface area contributed by atoms with E-state index in [-0.39, 0.29) is 11.3 Å². The molecule has 0 atom stereocenters. The molecule has 0 aliphatic rings. The maximum Gasteiger partial charge on any atom is 0.335 e. The molecule has 0 spiro atoms. The number of fused-ring (bicyclic) bond motifs is 2. The zero-order chi connectivity index (χ0) is 16.8. The van der Waals surface area contributed by atoms with Crippen LogP contribution < -0.4 is 0 Å². The summed E-state index contributed by atoms with van der Waals surface area (Å²) in [6.07, 6.45) is 3.54. The Kier molecular flexibility index (Phi) is 2.89. The number of H-pyrrole nitrogens is 2. The van der Waals surface area contributed by atoms with Gasteiger partial charge in [0.2, 0.25) is 0 Å². The number of nitrogens with one attached hydrogen (secondary N) is 2. The van der Waals surface area contributed by atoms with Crippen LogP contribution in [-0.2, 0) is 0 Å². The number of aromatic nitrogens is 2. The molecule has 0 aliphatic heterocycles. The van der Waals surface area contributed by atoms with Crippen LogP contribution >= 0.6 is 0 Å². The van der Waals surface area contributed by atoms with Crippen LogP contribution in [0.5, 0.6) is 0 Å². The van der Waals surface area contributed by atoms with E-state index in [1.165, 1.54) is 18.2 Å². The highest BCUT2D eigenvalue weighted by Crippen LogP contribution is 2.35. The molecule has 4 aromatic rings. The lowest BCUT2D eigenvalue weighted by Gasteiger charge is -2.00. The van der Waals surface area contributed by atoms with Crippen molar-refractivity contribution in [2.24, 2.45) is 0 Å². The van der Waals surface area contributed by atoms with Gasteiger partial charge in [0.1, 0.15) is 0 Å². The number of carbonyl (C=O) groups is 1. The monoisotopic (exact) mass is 321 g/mol. The van der Waals surface area contributed by atoms with E-state index in [0.29, 0.717) is 5.39 Å². The first kappa shape index (κ1) is 14.0. The summed E-state index contributed by atoms with van der Waals surface area (Å²) in [5.74, 6) is -1.00. The summed E-state index contributed by atoms with van der Waals surface area (Å²) in [4.78, 5) is 28.0. The van der Waals surface area contributed by atoms with Gasteiger partial charge in [-0.05, 0) is 24.3 Å². The Bertz CT molecular complexity index is 1030. The lowest BCUT2D eigenvalue weighted by Crippen LogP contribution is -1.94. The van der Waals surface area contributed by atoms with Crippen molar-refractivity contribution in [2.75, 3.05) is 0 Å². The SMILES string of the molecule is O=C(O)c1ccc2[nH]cc(-c3c[nH]c4ccc([N+](=O)[O-])cc34)c2c1. The Hall–Kier alpha value is -3.61. The summed E-state index contributed by atoms with van der Waals surface area (Å²) in [7, 11) is 0. The van der Waals surface area contributed by atoms with Gasteiger partial charge in [0.05, 0.1) is 10.5 Å². The molecule has 2 aromatic carbocycles. The highest BCUT2D eigenvalue weighted by Gasteiger charge is 2.15. The molecule has 0 saturated heterocycles. The van der Waals surface area contributed by atoms with Crippen LogP contribution in [0.4, 0.5) is 5.69 Å². The Balaban J connectivity index is 1.98. The fourth-order valence-corrected chi connectivity index (χ4v) is 2.92. The molecule has 24 heavy (non-hydrogen) atoms. The first-order chi connectivity index (χ1) is 11.5. The van der Waals surface area contributed by atoms with Crippen molar-refractivity contribution in [3.05, 3.63) is 64.5 Å². The van der Waals surface area contributed by atoms with Crippen molar-refractivity contribution in [1.29, 1.82) is 0 Å². The van der Waals surface area contributed by atoms with Crippen LogP contribution in [-0.4, -0.2) is 26.0 Å². The fraction of sp³-hybridized carbons (Fsp3) is 0.